The lowest BCUT2D eigenvalue weighted by molar-refractivity contribution is 0.00329. The van der Waals surface area contributed by atoms with Gasteiger partial charge in [0.25, 0.3) is 0 Å². The summed E-state index contributed by atoms with van der Waals surface area (Å²) in [5.74, 6) is 0. The Balaban J connectivity index is 4.07. The second kappa shape index (κ2) is 7.26. The van der Waals surface area contributed by atoms with Crippen molar-refractivity contribution in [2.45, 2.75) is 64.9 Å². The van der Waals surface area contributed by atoms with Crippen LogP contribution in [-0.2, 0) is 4.65 Å². The van der Waals surface area contributed by atoms with E-state index in [1.165, 1.54) is 12.8 Å². The van der Waals surface area contributed by atoms with Gasteiger partial charge in [-0.05, 0) is 19.3 Å². The summed E-state index contributed by atoms with van der Waals surface area (Å²) >= 11 is 0. The molecule has 0 spiro atoms. The van der Waals surface area contributed by atoms with Gasteiger partial charge in [-0.15, -0.1) is 0 Å². The third kappa shape index (κ3) is 4.98. The van der Waals surface area contributed by atoms with Crippen molar-refractivity contribution in [3.8, 4) is 0 Å². The van der Waals surface area contributed by atoms with Crippen molar-refractivity contribution >= 4 is 7.32 Å². The lowest BCUT2D eigenvalue weighted by Gasteiger charge is -2.32. The summed E-state index contributed by atoms with van der Waals surface area (Å²) in [5, 5.41) is 17.7. The first kappa shape index (κ1) is 13.9. The molecule has 0 saturated heterocycles. The summed E-state index contributed by atoms with van der Waals surface area (Å²) in [6, 6.07) is 0. The molecule has 0 unspecified atom stereocenters. The molecule has 0 heterocycles. The molecule has 0 aromatic carbocycles. The van der Waals surface area contributed by atoms with Crippen LogP contribution in [-0.4, -0.2) is 23.0 Å². The predicted octanol–water partition coefficient (Wildman–Crippen LogP) is 2.11. The van der Waals surface area contributed by atoms with Crippen LogP contribution >= 0.6 is 0 Å². The van der Waals surface area contributed by atoms with Gasteiger partial charge in [-0.25, -0.2) is 0 Å². The van der Waals surface area contributed by atoms with Crippen molar-refractivity contribution in [2.24, 2.45) is 0 Å². The molecule has 0 aromatic heterocycles. The first-order valence-corrected chi connectivity index (χ1v) is 5.64. The highest BCUT2D eigenvalue weighted by atomic mass is 16.6. The summed E-state index contributed by atoms with van der Waals surface area (Å²) in [5.41, 5.74) is -0.344. The fourth-order valence-electron chi connectivity index (χ4n) is 1.75. The van der Waals surface area contributed by atoms with Crippen molar-refractivity contribution in [1.29, 1.82) is 0 Å². The molecular formula is C10H23BO3. The Morgan fingerprint density at radius 2 is 1.64 bits per heavy atom. The maximum atomic E-state index is 8.84. The average molecular weight is 202 g/mol. The molecule has 4 heteroatoms. The van der Waals surface area contributed by atoms with E-state index in [1.807, 2.05) is 13.8 Å². The summed E-state index contributed by atoms with van der Waals surface area (Å²) in [4.78, 5) is 0. The van der Waals surface area contributed by atoms with E-state index < -0.39 is 7.32 Å². The quantitative estimate of drug-likeness (QED) is 0.468. The van der Waals surface area contributed by atoms with E-state index in [4.69, 9.17) is 14.7 Å². The van der Waals surface area contributed by atoms with E-state index in [0.717, 1.165) is 25.7 Å². The Hall–Kier alpha value is -0.0551. The first-order chi connectivity index (χ1) is 6.60. The molecular weight excluding hydrogens is 179 g/mol. The maximum absolute atomic E-state index is 8.84. The minimum absolute atomic E-state index is 0.344. The van der Waals surface area contributed by atoms with Gasteiger partial charge in [0.1, 0.15) is 0 Å². The van der Waals surface area contributed by atoms with Crippen LogP contribution in [0.3, 0.4) is 0 Å². The van der Waals surface area contributed by atoms with Crippen LogP contribution in [0.15, 0.2) is 0 Å². The zero-order valence-corrected chi connectivity index (χ0v) is 9.62. The molecule has 0 aliphatic heterocycles. The molecule has 3 nitrogen and oxygen atoms in total. The molecule has 0 fully saturated rings. The smallest absolute Gasteiger partial charge is 0.402 e. The van der Waals surface area contributed by atoms with Gasteiger partial charge in [-0.2, -0.15) is 0 Å². The maximum Gasteiger partial charge on any atom is 0.634 e. The Morgan fingerprint density at radius 3 is 2.00 bits per heavy atom. The lowest BCUT2D eigenvalue weighted by Crippen LogP contribution is -2.38. The van der Waals surface area contributed by atoms with Gasteiger partial charge in [0, 0.05) is 0 Å². The van der Waals surface area contributed by atoms with Crippen LogP contribution in [0.1, 0.15) is 59.3 Å². The lowest BCUT2D eigenvalue weighted by atomic mass is 9.89. The fourth-order valence-corrected chi connectivity index (χ4v) is 1.75. The van der Waals surface area contributed by atoms with Gasteiger partial charge < -0.3 is 14.7 Å². The molecule has 0 saturated carbocycles. The molecule has 0 radical (unpaired) electrons. The summed E-state index contributed by atoms with van der Waals surface area (Å²) in [6.07, 6.45) is 5.99. The van der Waals surface area contributed by atoms with Crippen molar-refractivity contribution in [1.82, 2.24) is 0 Å². The largest absolute Gasteiger partial charge is 0.634 e. The standard InChI is InChI=1S/C10H23BO3/c1-4-7-8-9-10(5-2,6-3)14-11(12)13/h12-13H,4-9H2,1-3H3. The summed E-state index contributed by atoms with van der Waals surface area (Å²) in [7, 11) is -1.64. The van der Waals surface area contributed by atoms with Gasteiger partial charge in [-0.1, -0.05) is 40.0 Å². The molecule has 0 aromatic rings. The molecule has 84 valence electrons. The van der Waals surface area contributed by atoms with Gasteiger partial charge in [0.05, 0.1) is 5.60 Å². The van der Waals surface area contributed by atoms with Crippen LogP contribution < -0.4 is 0 Å². The van der Waals surface area contributed by atoms with E-state index in [9.17, 15) is 0 Å². The van der Waals surface area contributed by atoms with Crippen molar-refractivity contribution in [3.05, 3.63) is 0 Å². The third-order valence-electron chi connectivity index (χ3n) is 2.88. The Morgan fingerprint density at radius 1 is 1.07 bits per heavy atom. The van der Waals surface area contributed by atoms with Gasteiger partial charge in [0.15, 0.2) is 0 Å². The zero-order valence-electron chi connectivity index (χ0n) is 9.62. The predicted molar refractivity (Wildman–Crippen MR) is 58.7 cm³/mol. The topological polar surface area (TPSA) is 49.7 Å². The van der Waals surface area contributed by atoms with Crippen LogP contribution in [0, 0.1) is 0 Å². The monoisotopic (exact) mass is 202 g/mol. The molecule has 0 amide bonds. The molecule has 14 heavy (non-hydrogen) atoms. The van der Waals surface area contributed by atoms with E-state index in [2.05, 4.69) is 6.92 Å². The van der Waals surface area contributed by atoms with Gasteiger partial charge >= 0.3 is 7.32 Å². The fraction of sp³-hybridized carbons (Fsp3) is 1.00. The van der Waals surface area contributed by atoms with Crippen molar-refractivity contribution in [2.75, 3.05) is 0 Å². The number of rotatable bonds is 8. The Labute approximate surface area is 87.7 Å². The van der Waals surface area contributed by atoms with Crippen molar-refractivity contribution < 1.29 is 14.7 Å². The molecule has 0 aliphatic carbocycles. The zero-order chi connectivity index (χ0) is 11.0. The molecule has 0 rings (SSSR count). The number of hydrogen-bond donors (Lipinski definition) is 2. The highest BCUT2D eigenvalue weighted by Crippen LogP contribution is 2.27. The summed E-state index contributed by atoms with van der Waals surface area (Å²) < 4.78 is 5.19. The van der Waals surface area contributed by atoms with E-state index in [1.54, 1.807) is 0 Å². The van der Waals surface area contributed by atoms with E-state index in [-0.39, 0.29) is 5.60 Å². The van der Waals surface area contributed by atoms with E-state index in [0.29, 0.717) is 0 Å². The summed E-state index contributed by atoms with van der Waals surface area (Å²) in [6.45, 7) is 6.21. The molecule has 0 aliphatic rings. The highest BCUT2D eigenvalue weighted by Gasteiger charge is 2.30. The van der Waals surface area contributed by atoms with Crippen LogP contribution in [0.2, 0.25) is 0 Å². The molecule has 0 bridgehead atoms. The molecule has 2 N–H and O–H groups in total. The van der Waals surface area contributed by atoms with Gasteiger partial charge in [-0.3, -0.25) is 0 Å². The van der Waals surface area contributed by atoms with E-state index >= 15 is 0 Å². The second-order valence-corrected chi connectivity index (χ2v) is 3.79. The van der Waals surface area contributed by atoms with Crippen molar-refractivity contribution in [3.63, 3.8) is 0 Å². The second-order valence-electron chi connectivity index (χ2n) is 3.79. The van der Waals surface area contributed by atoms with Crippen LogP contribution in [0.5, 0.6) is 0 Å². The first-order valence-electron chi connectivity index (χ1n) is 5.64. The number of unbranched alkanes of at least 4 members (excludes halogenated alkanes) is 2. The Kier molecular flexibility index (Phi) is 7.24. The highest BCUT2D eigenvalue weighted by molar-refractivity contribution is 6.32. The average Bonchev–Trinajstić information content (AvgIpc) is 2.16. The van der Waals surface area contributed by atoms with Crippen LogP contribution in [0.25, 0.3) is 0 Å². The molecule has 0 atom stereocenters. The van der Waals surface area contributed by atoms with Crippen LogP contribution in [0.4, 0.5) is 0 Å². The minimum Gasteiger partial charge on any atom is -0.402 e. The number of hydrogen-bond acceptors (Lipinski definition) is 3. The Bertz CT molecular complexity index is 135. The minimum atomic E-state index is -1.64. The SMILES string of the molecule is CCCCCC(CC)(CC)OB(O)O. The third-order valence-corrected chi connectivity index (χ3v) is 2.88. The van der Waals surface area contributed by atoms with Gasteiger partial charge in [0.2, 0.25) is 0 Å². The normalized spacial score (nSPS) is 11.8.